The topological polar surface area (TPSA) is 91.9 Å². The van der Waals surface area contributed by atoms with E-state index in [4.69, 9.17) is 11.6 Å². The molecule has 1 aromatic carbocycles. The number of imidazole rings is 1. The van der Waals surface area contributed by atoms with Crippen LogP contribution in [0, 0.1) is 11.8 Å². The van der Waals surface area contributed by atoms with E-state index in [1.807, 2.05) is 0 Å². The number of allylic oxidation sites excluding steroid dienone is 2. The van der Waals surface area contributed by atoms with Gasteiger partial charge in [0.2, 0.25) is 0 Å². The Kier molecular flexibility index (Phi) is 8.58. The number of aliphatic imine (C=N–C) groups is 1. The van der Waals surface area contributed by atoms with Gasteiger partial charge in [-0.3, -0.25) is 18.9 Å². The van der Waals surface area contributed by atoms with Gasteiger partial charge in [-0.25, -0.2) is 13.6 Å². The lowest BCUT2D eigenvalue weighted by atomic mass is 9.87. The number of aromatic nitrogens is 2. The van der Waals surface area contributed by atoms with Crippen molar-refractivity contribution in [1.29, 1.82) is 0 Å². The molecule has 3 rings (SSSR count). The van der Waals surface area contributed by atoms with Crippen molar-refractivity contribution in [2.45, 2.75) is 59.1 Å². The van der Waals surface area contributed by atoms with E-state index >= 15 is 0 Å². The van der Waals surface area contributed by atoms with E-state index in [1.165, 1.54) is 29.4 Å². The van der Waals surface area contributed by atoms with Crippen LogP contribution >= 0.6 is 11.6 Å². The lowest BCUT2D eigenvalue weighted by molar-refractivity contribution is -0.155. The van der Waals surface area contributed by atoms with Gasteiger partial charge >= 0.3 is 5.69 Å². The van der Waals surface area contributed by atoms with Crippen LogP contribution in [-0.4, -0.2) is 56.4 Å². The first-order valence-corrected chi connectivity index (χ1v) is 12.8. The second-order valence-electron chi connectivity index (χ2n) is 10.7. The van der Waals surface area contributed by atoms with Crippen LogP contribution in [0.4, 0.5) is 14.5 Å². The van der Waals surface area contributed by atoms with E-state index in [2.05, 4.69) is 17.0 Å². The van der Waals surface area contributed by atoms with Crippen LogP contribution in [-0.2, 0) is 18.4 Å². The van der Waals surface area contributed by atoms with Gasteiger partial charge in [0, 0.05) is 49.2 Å². The predicted molar refractivity (Wildman–Crippen MR) is 148 cm³/mol. The lowest BCUT2D eigenvalue weighted by Gasteiger charge is -2.41. The van der Waals surface area contributed by atoms with E-state index in [-0.39, 0.29) is 24.5 Å². The molecule has 0 spiro atoms. The number of likely N-dealkylation sites (tertiary alicyclic amines) is 1. The molecule has 208 valence electrons. The number of benzene rings is 1. The third kappa shape index (κ3) is 6.18. The molecule has 1 aliphatic heterocycles. The van der Waals surface area contributed by atoms with Gasteiger partial charge in [0.15, 0.2) is 0 Å². The molecule has 0 aliphatic carbocycles. The van der Waals surface area contributed by atoms with Gasteiger partial charge < -0.3 is 15.3 Å². The van der Waals surface area contributed by atoms with Gasteiger partial charge in [-0.05, 0) is 58.2 Å². The maximum Gasteiger partial charge on any atom is 0.328 e. The number of hydrogen-bond acceptors (Lipinski definition) is 5. The second kappa shape index (κ2) is 11.0. The van der Waals surface area contributed by atoms with Crippen molar-refractivity contribution in [2.75, 3.05) is 18.4 Å². The summed E-state index contributed by atoms with van der Waals surface area (Å²) in [5.41, 5.74) is 1.18. The second-order valence-corrected chi connectivity index (χ2v) is 11.3. The minimum atomic E-state index is -2.86. The molecule has 2 aromatic rings. The van der Waals surface area contributed by atoms with Crippen molar-refractivity contribution in [3.63, 3.8) is 0 Å². The fraction of sp³-hybridized carbons (Fsp3) is 0.519. The summed E-state index contributed by atoms with van der Waals surface area (Å²) in [5.74, 6) is -5.34. The number of amides is 1. The Balaban J connectivity index is 1.92. The standard InChI is InChI=1S/C27H36ClF2N5O3/c1-16-14-34(15-17(2)27(16,29)30)24(36)21(31-6)13-20(18(3)28)32-19-8-9-22-23(12-19)35(25(37)33(22)7)11-10-26(4,5)38/h8-9,12-13,16-17,32,38H,6,10-11,14-15H2,1-5,7H3/b20-18-,21-13-/t16-,17+. The highest BCUT2D eigenvalue weighted by atomic mass is 35.5. The molecule has 2 heterocycles. The van der Waals surface area contributed by atoms with Crippen LogP contribution < -0.4 is 11.0 Å². The van der Waals surface area contributed by atoms with E-state index in [9.17, 15) is 23.5 Å². The maximum atomic E-state index is 14.3. The summed E-state index contributed by atoms with van der Waals surface area (Å²) < 4.78 is 31.7. The van der Waals surface area contributed by atoms with Crippen LogP contribution in [0.5, 0.6) is 0 Å². The van der Waals surface area contributed by atoms with E-state index in [0.717, 1.165) is 0 Å². The quantitative estimate of drug-likeness (QED) is 0.282. The Morgan fingerprint density at radius 3 is 2.42 bits per heavy atom. The Bertz CT molecular complexity index is 1330. The summed E-state index contributed by atoms with van der Waals surface area (Å²) in [6, 6.07) is 5.35. The molecule has 1 fully saturated rings. The molecule has 0 bridgehead atoms. The summed E-state index contributed by atoms with van der Waals surface area (Å²) in [4.78, 5) is 31.2. The zero-order valence-corrected chi connectivity index (χ0v) is 23.4. The fourth-order valence-corrected chi connectivity index (χ4v) is 4.67. The number of halogens is 3. The fourth-order valence-electron chi connectivity index (χ4n) is 4.57. The SMILES string of the molecule is C=N/C(=C\C(Nc1ccc2c(c1)n(CCC(C)(C)O)c(=O)n2C)=C(/C)Cl)C(=O)N1C[C@@H](C)C(F)(F)[C@@H](C)C1. The van der Waals surface area contributed by atoms with Crippen LogP contribution in [0.3, 0.4) is 0 Å². The van der Waals surface area contributed by atoms with Gasteiger partial charge in [0.05, 0.1) is 22.3 Å². The molecule has 38 heavy (non-hydrogen) atoms. The van der Waals surface area contributed by atoms with Crippen LogP contribution in [0.15, 0.2) is 50.5 Å². The average molecular weight is 552 g/mol. The minimum absolute atomic E-state index is 0.0278. The molecule has 0 unspecified atom stereocenters. The first-order valence-electron chi connectivity index (χ1n) is 12.5. The van der Waals surface area contributed by atoms with Gasteiger partial charge in [-0.1, -0.05) is 25.4 Å². The first-order chi connectivity index (χ1) is 17.6. The lowest BCUT2D eigenvalue weighted by Crippen LogP contribution is -2.53. The number of carbonyl (C=O) groups excluding carboxylic acids is 1. The van der Waals surface area contributed by atoms with Crippen molar-refractivity contribution in [3.8, 4) is 0 Å². The molecule has 1 aliphatic rings. The number of rotatable bonds is 8. The molecular formula is C27H36ClF2N5O3. The van der Waals surface area contributed by atoms with Crippen LogP contribution in [0.25, 0.3) is 11.0 Å². The zero-order chi connectivity index (χ0) is 28.6. The van der Waals surface area contributed by atoms with Crippen molar-refractivity contribution in [2.24, 2.45) is 23.9 Å². The highest BCUT2D eigenvalue weighted by Crippen LogP contribution is 2.38. The highest BCUT2D eigenvalue weighted by molar-refractivity contribution is 6.30. The van der Waals surface area contributed by atoms with E-state index < -0.39 is 29.3 Å². The molecule has 1 amide bonds. The highest BCUT2D eigenvalue weighted by Gasteiger charge is 2.48. The summed E-state index contributed by atoms with van der Waals surface area (Å²) in [6.45, 7) is 11.5. The van der Waals surface area contributed by atoms with Crippen molar-refractivity contribution >= 4 is 40.9 Å². The third-order valence-corrected chi connectivity index (χ3v) is 7.21. The van der Waals surface area contributed by atoms with E-state index in [1.54, 1.807) is 50.6 Å². The number of nitrogens with zero attached hydrogens (tertiary/aromatic N) is 4. The molecule has 8 nitrogen and oxygen atoms in total. The number of fused-ring (bicyclic) bond motifs is 1. The molecule has 0 saturated carbocycles. The number of anilines is 1. The first kappa shape index (κ1) is 29.6. The number of aliphatic hydroxyl groups is 1. The van der Waals surface area contributed by atoms with Crippen molar-refractivity contribution in [1.82, 2.24) is 14.0 Å². The number of hydrogen-bond donors (Lipinski definition) is 2. The number of nitrogens with one attached hydrogen (secondary N) is 1. The number of aryl methyl sites for hydroxylation is 2. The van der Waals surface area contributed by atoms with Crippen molar-refractivity contribution < 1.29 is 18.7 Å². The largest absolute Gasteiger partial charge is 0.390 e. The van der Waals surface area contributed by atoms with Gasteiger partial charge in [0.25, 0.3) is 11.8 Å². The van der Waals surface area contributed by atoms with Gasteiger partial charge in [-0.2, -0.15) is 0 Å². The third-order valence-electron chi connectivity index (χ3n) is 7.00. The summed E-state index contributed by atoms with van der Waals surface area (Å²) in [5, 5.41) is 13.6. The Labute approximate surface area is 226 Å². The molecule has 0 radical (unpaired) electrons. The molecule has 1 aromatic heterocycles. The molecule has 1 saturated heterocycles. The molecule has 2 atom stereocenters. The van der Waals surface area contributed by atoms with E-state index in [0.29, 0.717) is 40.4 Å². The average Bonchev–Trinajstić information content (AvgIpc) is 3.06. The predicted octanol–water partition coefficient (Wildman–Crippen LogP) is 4.72. The normalized spacial score (nSPS) is 20.9. The summed E-state index contributed by atoms with van der Waals surface area (Å²) >= 11 is 6.35. The Morgan fingerprint density at radius 2 is 1.89 bits per heavy atom. The smallest absolute Gasteiger partial charge is 0.328 e. The monoisotopic (exact) mass is 551 g/mol. The number of carbonyl (C=O) groups is 1. The number of alkyl halides is 2. The number of piperidine rings is 1. The van der Waals surface area contributed by atoms with Crippen LogP contribution in [0.2, 0.25) is 0 Å². The zero-order valence-electron chi connectivity index (χ0n) is 22.7. The van der Waals surface area contributed by atoms with Gasteiger partial charge in [-0.15, -0.1) is 0 Å². The molecule has 2 N–H and O–H groups in total. The summed E-state index contributed by atoms with van der Waals surface area (Å²) in [6.07, 6.45) is 1.82. The maximum absolute atomic E-state index is 14.3. The molecule has 11 heteroatoms. The minimum Gasteiger partial charge on any atom is -0.390 e. The van der Waals surface area contributed by atoms with Crippen LogP contribution in [0.1, 0.15) is 41.0 Å². The van der Waals surface area contributed by atoms with Gasteiger partial charge in [0.1, 0.15) is 5.70 Å². The Hall–Kier alpha value is -2.98. The molecular weight excluding hydrogens is 516 g/mol. The van der Waals surface area contributed by atoms with Crippen molar-refractivity contribution in [3.05, 3.63) is 51.2 Å². The Morgan fingerprint density at radius 1 is 1.29 bits per heavy atom. The summed E-state index contributed by atoms with van der Waals surface area (Å²) in [7, 11) is 1.68.